The number of aryl methyl sites for hydroxylation is 2. The lowest BCUT2D eigenvalue weighted by Gasteiger charge is -2.12. The van der Waals surface area contributed by atoms with E-state index in [2.05, 4.69) is 25.6 Å². The van der Waals surface area contributed by atoms with E-state index in [4.69, 9.17) is 0 Å². The minimum atomic E-state index is -3.51. The van der Waals surface area contributed by atoms with Crippen molar-refractivity contribution in [2.24, 2.45) is 0 Å². The van der Waals surface area contributed by atoms with Gasteiger partial charge in [-0.1, -0.05) is 6.07 Å². The highest BCUT2D eigenvalue weighted by molar-refractivity contribution is 7.92. The molecule has 0 bridgehead atoms. The molecule has 0 aliphatic heterocycles. The zero-order valence-electron chi connectivity index (χ0n) is 15.3. The highest BCUT2D eigenvalue weighted by Crippen LogP contribution is 2.22. The van der Waals surface area contributed by atoms with Gasteiger partial charge in [-0.25, -0.2) is 12.8 Å². The number of nitrogens with one attached hydrogen (secondary N) is 2. The Kier molecular flexibility index (Phi) is 5.10. The summed E-state index contributed by atoms with van der Waals surface area (Å²) in [6.45, 7) is 3.39. The van der Waals surface area contributed by atoms with Crippen molar-refractivity contribution in [3.05, 3.63) is 59.2 Å². The third-order valence-electron chi connectivity index (χ3n) is 3.86. The molecule has 0 aliphatic rings. The van der Waals surface area contributed by atoms with E-state index in [0.29, 0.717) is 17.1 Å². The molecule has 3 aromatic rings. The second-order valence-corrected chi connectivity index (χ2v) is 7.91. The lowest BCUT2D eigenvalue weighted by atomic mass is 10.1. The van der Waals surface area contributed by atoms with E-state index < -0.39 is 21.7 Å². The van der Waals surface area contributed by atoms with E-state index in [1.165, 1.54) is 35.0 Å². The maximum absolute atomic E-state index is 14.2. The van der Waals surface area contributed by atoms with Crippen LogP contribution in [0.15, 0.2) is 36.4 Å². The number of hydrogen-bond donors (Lipinski definition) is 2. The summed E-state index contributed by atoms with van der Waals surface area (Å²) < 4.78 is 40.9. The van der Waals surface area contributed by atoms with E-state index in [1.807, 2.05) is 0 Å². The summed E-state index contributed by atoms with van der Waals surface area (Å²) in [6, 6.07) is 8.58. The smallest absolute Gasteiger partial charge is 0.255 e. The van der Waals surface area contributed by atoms with Crippen LogP contribution in [0.25, 0.3) is 5.69 Å². The molecule has 3 rings (SSSR count). The van der Waals surface area contributed by atoms with Crippen LogP contribution < -0.4 is 10.0 Å². The number of rotatable bonds is 5. The lowest BCUT2D eigenvalue weighted by molar-refractivity contribution is 0.102. The molecular weight excluding hydrogens is 387 g/mol. The standard InChI is InChI=1S/C17H17FN6O3S/c1-10-4-5-12(8-15(10)21-28(3,26)27)17(25)19-16-9-13(6-7-14(16)18)24-11(2)20-22-23-24/h4-9,21H,1-3H3,(H,19,25). The largest absolute Gasteiger partial charge is 0.319 e. The number of halogens is 1. The van der Waals surface area contributed by atoms with Gasteiger partial charge in [0.2, 0.25) is 10.0 Å². The number of nitrogens with zero attached hydrogens (tertiary/aromatic N) is 4. The summed E-state index contributed by atoms with van der Waals surface area (Å²) in [6.07, 6.45) is 1.01. The monoisotopic (exact) mass is 404 g/mol. The molecule has 0 atom stereocenters. The predicted octanol–water partition coefficient (Wildman–Crippen LogP) is 2.04. The van der Waals surface area contributed by atoms with Crippen molar-refractivity contribution in [2.45, 2.75) is 13.8 Å². The average molecular weight is 404 g/mol. The van der Waals surface area contributed by atoms with Gasteiger partial charge in [0.05, 0.1) is 23.3 Å². The maximum atomic E-state index is 14.2. The third-order valence-corrected chi connectivity index (χ3v) is 4.45. The molecule has 0 spiro atoms. The molecule has 1 amide bonds. The van der Waals surface area contributed by atoms with Crippen molar-refractivity contribution in [3.8, 4) is 5.69 Å². The molecule has 0 fully saturated rings. The van der Waals surface area contributed by atoms with E-state index in [0.717, 1.165) is 6.26 Å². The molecule has 0 saturated carbocycles. The number of carbonyl (C=O) groups excluding carboxylic acids is 1. The predicted molar refractivity (Wildman–Crippen MR) is 101 cm³/mol. The zero-order chi connectivity index (χ0) is 20.5. The number of aromatic nitrogens is 4. The zero-order valence-corrected chi connectivity index (χ0v) is 16.1. The number of tetrazole rings is 1. The first-order chi connectivity index (χ1) is 13.1. The molecule has 0 unspecified atom stereocenters. The molecule has 0 radical (unpaired) electrons. The number of benzene rings is 2. The SMILES string of the molecule is Cc1ccc(C(=O)Nc2cc(-n3nnnc3C)ccc2F)cc1NS(C)(=O)=O. The fourth-order valence-corrected chi connectivity index (χ4v) is 3.10. The highest BCUT2D eigenvalue weighted by atomic mass is 32.2. The van der Waals surface area contributed by atoms with Gasteiger partial charge in [0.15, 0.2) is 5.82 Å². The van der Waals surface area contributed by atoms with Crippen LogP contribution in [0.4, 0.5) is 15.8 Å². The van der Waals surface area contributed by atoms with Gasteiger partial charge in [-0.3, -0.25) is 9.52 Å². The molecule has 0 saturated heterocycles. The van der Waals surface area contributed by atoms with E-state index in [9.17, 15) is 17.6 Å². The average Bonchev–Trinajstić information content (AvgIpc) is 3.03. The van der Waals surface area contributed by atoms with Crippen molar-refractivity contribution in [3.63, 3.8) is 0 Å². The van der Waals surface area contributed by atoms with Crippen LogP contribution in [-0.2, 0) is 10.0 Å². The number of sulfonamides is 1. The van der Waals surface area contributed by atoms with Crippen LogP contribution in [0.3, 0.4) is 0 Å². The minimum Gasteiger partial charge on any atom is -0.319 e. The van der Waals surface area contributed by atoms with Crippen molar-refractivity contribution < 1.29 is 17.6 Å². The first-order valence-electron chi connectivity index (χ1n) is 8.09. The van der Waals surface area contributed by atoms with Crippen LogP contribution in [-0.4, -0.2) is 40.8 Å². The van der Waals surface area contributed by atoms with Crippen LogP contribution >= 0.6 is 0 Å². The van der Waals surface area contributed by atoms with E-state index >= 15 is 0 Å². The van der Waals surface area contributed by atoms with Gasteiger partial charge in [0.1, 0.15) is 5.82 Å². The lowest BCUT2D eigenvalue weighted by Crippen LogP contribution is -2.15. The summed E-state index contributed by atoms with van der Waals surface area (Å²) in [7, 11) is -3.51. The van der Waals surface area contributed by atoms with Crippen molar-refractivity contribution in [2.75, 3.05) is 16.3 Å². The van der Waals surface area contributed by atoms with Crippen molar-refractivity contribution in [1.82, 2.24) is 20.2 Å². The van der Waals surface area contributed by atoms with E-state index in [1.54, 1.807) is 19.9 Å². The molecule has 1 heterocycles. The Labute approximate surface area is 160 Å². The van der Waals surface area contributed by atoms with Gasteiger partial charge >= 0.3 is 0 Å². The Morgan fingerprint density at radius 1 is 1.11 bits per heavy atom. The van der Waals surface area contributed by atoms with Crippen LogP contribution in [0, 0.1) is 19.7 Å². The van der Waals surface area contributed by atoms with Crippen molar-refractivity contribution >= 4 is 27.3 Å². The Hall–Kier alpha value is -3.34. The van der Waals surface area contributed by atoms with Gasteiger partial charge in [0.25, 0.3) is 5.91 Å². The van der Waals surface area contributed by atoms with E-state index in [-0.39, 0.29) is 16.9 Å². The van der Waals surface area contributed by atoms with Crippen LogP contribution in [0.5, 0.6) is 0 Å². The normalized spacial score (nSPS) is 11.3. The topological polar surface area (TPSA) is 119 Å². The fraction of sp³-hybridized carbons (Fsp3) is 0.176. The Morgan fingerprint density at radius 3 is 2.50 bits per heavy atom. The molecule has 2 aromatic carbocycles. The van der Waals surface area contributed by atoms with Gasteiger partial charge in [0, 0.05) is 5.56 Å². The quantitative estimate of drug-likeness (QED) is 0.672. The number of carbonyl (C=O) groups is 1. The molecule has 2 N–H and O–H groups in total. The fourth-order valence-electron chi connectivity index (χ4n) is 2.48. The Balaban J connectivity index is 1.89. The maximum Gasteiger partial charge on any atom is 0.255 e. The number of hydrogen-bond acceptors (Lipinski definition) is 6. The molecule has 0 aliphatic carbocycles. The molecule has 11 heteroatoms. The summed E-state index contributed by atoms with van der Waals surface area (Å²) in [5.74, 6) is -0.732. The van der Waals surface area contributed by atoms with Crippen molar-refractivity contribution in [1.29, 1.82) is 0 Å². The Morgan fingerprint density at radius 2 is 1.86 bits per heavy atom. The molecule has 146 valence electrons. The van der Waals surface area contributed by atoms with Crippen LogP contribution in [0.1, 0.15) is 21.7 Å². The van der Waals surface area contributed by atoms with Gasteiger partial charge in [-0.15, -0.1) is 5.10 Å². The van der Waals surface area contributed by atoms with Gasteiger partial charge in [-0.2, -0.15) is 4.68 Å². The van der Waals surface area contributed by atoms with Gasteiger partial charge in [-0.05, 0) is 60.2 Å². The van der Waals surface area contributed by atoms with Crippen LogP contribution in [0.2, 0.25) is 0 Å². The summed E-state index contributed by atoms with van der Waals surface area (Å²) in [5, 5.41) is 13.6. The molecule has 28 heavy (non-hydrogen) atoms. The number of anilines is 2. The highest BCUT2D eigenvalue weighted by Gasteiger charge is 2.14. The first kappa shape index (κ1) is 19.4. The first-order valence-corrected chi connectivity index (χ1v) is 9.98. The molecule has 1 aromatic heterocycles. The second kappa shape index (κ2) is 7.35. The third kappa shape index (κ3) is 4.31. The number of amides is 1. The Bertz CT molecular complexity index is 1160. The minimum absolute atomic E-state index is 0.0596. The summed E-state index contributed by atoms with van der Waals surface area (Å²) in [4.78, 5) is 12.6. The summed E-state index contributed by atoms with van der Waals surface area (Å²) >= 11 is 0. The molecular formula is C17H17FN6O3S. The molecule has 9 nitrogen and oxygen atoms in total. The summed E-state index contributed by atoms with van der Waals surface area (Å²) in [5.41, 5.74) is 1.50. The second-order valence-electron chi connectivity index (χ2n) is 6.16. The van der Waals surface area contributed by atoms with Gasteiger partial charge < -0.3 is 5.32 Å².